The number of rotatable bonds is 2. The van der Waals surface area contributed by atoms with E-state index in [9.17, 15) is 4.79 Å². The summed E-state index contributed by atoms with van der Waals surface area (Å²) < 4.78 is 0. The standard InChI is InChI=1S/C8H7N5OS/c9-7-10-4-2-6(13-7)15-8-11-3-1-5(14)12-8/h1-4H,(H2,9,10,13)(H,11,12,14). The second-order valence-electron chi connectivity index (χ2n) is 2.59. The summed E-state index contributed by atoms with van der Waals surface area (Å²) in [5, 5.41) is 1.11. The first-order valence-electron chi connectivity index (χ1n) is 4.06. The zero-order valence-corrected chi connectivity index (χ0v) is 8.36. The molecule has 0 bridgehead atoms. The molecule has 3 N–H and O–H groups in total. The number of anilines is 1. The van der Waals surface area contributed by atoms with Crippen LogP contribution >= 0.6 is 11.8 Å². The molecule has 0 unspecified atom stereocenters. The van der Waals surface area contributed by atoms with Gasteiger partial charge in [0, 0.05) is 18.5 Å². The fraction of sp³-hybridized carbons (Fsp3) is 0. The van der Waals surface area contributed by atoms with Crippen molar-refractivity contribution in [3.8, 4) is 0 Å². The summed E-state index contributed by atoms with van der Waals surface area (Å²) >= 11 is 1.22. The minimum absolute atomic E-state index is 0.193. The number of nitrogens with one attached hydrogen (secondary N) is 1. The van der Waals surface area contributed by atoms with Crippen LogP contribution in [0, 0.1) is 0 Å². The Morgan fingerprint density at radius 2 is 2.07 bits per heavy atom. The second kappa shape index (κ2) is 4.09. The Kier molecular flexibility index (Phi) is 2.64. The number of nitrogen functional groups attached to an aromatic ring is 1. The molecule has 0 aliphatic rings. The molecule has 0 amide bonds. The van der Waals surface area contributed by atoms with E-state index in [0.29, 0.717) is 10.2 Å². The van der Waals surface area contributed by atoms with Gasteiger partial charge < -0.3 is 10.7 Å². The maximum Gasteiger partial charge on any atom is 0.251 e. The van der Waals surface area contributed by atoms with Crippen molar-refractivity contribution in [3.05, 3.63) is 34.9 Å². The van der Waals surface area contributed by atoms with Gasteiger partial charge in [0.1, 0.15) is 5.03 Å². The fourth-order valence-electron chi connectivity index (χ4n) is 0.916. The Balaban J connectivity index is 2.26. The Morgan fingerprint density at radius 1 is 1.27 bits per heavy atom. The van der Waals surface area contributed by atoms with Crippen molar-refractivity contribution in [2.45, 2.75) is 10.2 Å². The summed E-state index contributed by atoms with van der Waals surface area (Å²) in [7, 11) is 0. The van der Waals surface area contributed by atoms with Crippen LogP contribution in [0.25, 0.3) is 0 Å². The van der Waals surface area contributed by atoms with Crippen LogP contribution in [0.3, 0.4) is 0 Å². The van der Waals surface area contributed by atoms with E-state index < -0.39 is 0 Å². The first kappa shape index (κ1) is 9.66. The minimum Gasteiger partial charge on any atom is -0.368 e. The van der Waals surface area contributed by atoms with Gasteiger partial charge in [-0.25, -0.2) is 15.0 Å². The summed E-state index contributed by atoms with van der Waals surface area (Å²) in [6, 6.07) is 3.03. The molecule has 2 rings (SSSR count). The molecule has 0 atom stereocenters. The SMILES string of the molecule is Nc1nccc(Sc2nccc(=O)[nH]2)n1. The van der Waals surface area contributed by atoms with Gasteiger partial charge in [0.2, 0.25) is 5.95 Å². The van der Waals surface area contributed by atoms with Crippen molar-refractivity contribution >= 4 is 17.7 Å². The van der Waals surface area contributed by atoms with Gasteiger partial charge in [0.05, 0.1) is 0 Å². The predicted octanol–water partition coefficient (Wildman–Crippen LogP) is 0.293. The summed E-state index contributed by atoms with van der Waals surface area (Å²) in [5.74, 6) is 0.193. The molecule has 6 nitrogen and oxygen atoms in total. The smallest absolute Gasteiger partial charge is 0.251 e. The van der Waals surface area contributed by atoms with Gasteiger partial charge in [-0.15, -0.1) is 0 Å². The van der Waals surface area contributed by atoms with E-state index in [1.165, 1.54) is 24.0 Å². The van der Waals surface area contributed by atoms with Gasteiger partial charge in [-0.2, -0.15) is 0 Å². The van der Waals surface area contributed by atoms with Crippen molar-refractivity contribution in [2.75, 3.05) is 5.73 Å². The molecule has 0 spiro atoms. The van der Waals surface area contributed by atoms with Crippen LogP contribution < -0.4 is 11.3 Å². The molecule has 2 aromatic rings. The molecule has 0 radical (unpaired) electrons. The summed E-state index contributed by atoms with van der Waals surface area (Å²) in [5.41, 5.74) is 5.21. The number of nitrogens with two attached hydrogens (primary N) is 1. The lowest BCUT2D eigenvalue weighted by Gasteiger charge is -1.98. The van der Waals surface area contributed by atoms with Crippen LogP contribution in [-0.4, -0.2) is 19.9 Å². The second-order valence-corrected chi connectivity index (χ2v) is 3.60. The third-order valence-electron chi connectivity index (χ3n) is 1.50. The normalized spacial score (nSPS) is 10.1. The van der Waals surface area contributed by atoms with Gasteiger partial charge in [0.15, 0.2) is 5.16 Å². The van der Waals surface area contributed by atoms with Crippen LogP contribution in [0.4, 0.5) is 5.95 Å². The fourth-order valence-corrected chi connectivity index (χ4v) is 1.65. The third kappa shape index (κ3) is 2.53. The number of aromatic nitrogens is 4. The Morgan fingerprint density at radius 3 is 2.80 bits per heavy atom. The van der Waals surface area contributed by atoms with Crippen LogP contribution in [0.15, 0.2) is 39.5 Å². The monoisotopic (exact) mass is 221 g/mol. The molecule has 0 fully saturated rings. The molecule has 0 aliphatic carbocycles. The van der Waals surface area contributed by atoms with Gasteiger partial charge in [-0.1, -0.05) is 0 Å². The number of hydrogen-bond donors (Lipinski definition) is 2. The summed E-state index contributed by atoms with van der Waals surface area (Å²) in [6.45, 7) is 0. The van der Waals surface area contributed by atoms with Gasteiger partial charge in [-0.3, -0.25) is 4.79 Å². The lowest BCUT2D eigenvalue weighted by molar-refractivity contribution is 0.930. The van der Waals surface area contributed by atoms with Gasteiger partial charge in [0.25, 0.3) is 5.56 Å². The maximum atomic E-state index is 11.0. The molecule has 0 aliphatic heterocycles. The van der Waals surface area contributed by atoms with E-state index in [1.807, 2.05) is 0 Å². The topological polar surface area (TPSA) is 97.5 Å². The highest BCUT2D eigenvalue weighted by Gasteiger charge is 2.01. The number of hydrogen-bond acceptors (Lipinski definition) is 6. The minimum atomic E-state index is -0.200. The van der Waals surface area contributed by atoms with E-state index >= 15 is 0 Å². The number of nitrogens with zero attached hydrogens (tertiary/aromatic N) is 3. The highest BCUT2D eigenvalue weighted by Crippen LogP contribution is 2.20. The van der Waals surface area contributed by atoms with Gasteiger partial charge >= 0.3 is 0 Å². The quantitative estimate of drug-likeness (QED) is 0.559. The summed E-state index contributed by atoms with van der Waals surface area (Å²) in [4.78, 5) is 25.2. The molecular formula is C8H7N5OS. The lowest BCUT2D eigenvalue weighted by Crippen LogP contribution is -2.05. The maximum absolute atomic E-state index is 11.0. The van der Waals surface area contributed by atoms with Crippen molar-refractivity contribution < 1.29 is 0 Å². The molecule has 0 saturated heterocycles. The summed E-state index contributed by atoms with van der Waals surface area (Å²) in [6.07, 6.45) is 2.98. The molecule has 76 valence electrons. The van der Waals surface area contributed by atoms with E-state index in [4.69, 9.17) is 5.73 Å². The lowest BCUT2D eigenvalue weighted by atomic mass is 10.7. The van der Waals surface area contributed by atoms with E-state index in [-0.39, 0.29) is 11.5 Å². The molecule has 0 aromatic carbocycles. The molecular weight excluding hydrogens is 214 g/mol. The Bertz CT molecular complexity index is 526. The zero-order chi connectivity index (χ0) is 10.7. The average Bonchev–Trinajstić information content (AvgIpc) is 2.17. The van der Waals surface area contributed by atoms with Crippen LogP contribution in [0.5, 0.6) is 0 Å². The van der Waals surface area contributed by atoms with Crippen molar-refractivity contribution in [1.82, 2.24) is 19.9 Å². The highest BCUT2D eigenvalue weighted by atomic mass is 32.2. The van der Waals surface area contributed by atoms with Crippen LogP contribution in [0.1, 0.15) is 0 Å². The van der Waals surface area contributed by atoms with Crippen molar-refractivity contribution in [1.29, 1.82) is 0 Å². The average molecular weight is 221 g/mol. The Labute approximate surface area is 89.0 Å². The number of aromatic amines is 1. The molecule has 2 heterocycles. The largest absolute Gasteiger partial charge is 0.368 e. The van der Waals surface area contributed by atoms with Crippen molar-refractivity contribution in [3.63, 3.8) is 0 Å². The Hall–Kier alpha value is -1.89. The first-order valence-corrected chi connectivity index (χ1v) is 4.87. The molecule has 2 aromatic heterocycles. The molecule has 7 heteroatoms. The van der Waals surface area contributed by atoms with E-state index in [0.717, 1.165) is 0 Å². The third-order valence-corrected chi connectivity index (χ3v) is 2.34. The zero-order valence-electron chi connectivity index (χ0n) is 7.54. The van der Waals surface area contributed by atoms with Crippen molar-refractivity contribution in [2.24, 2.45) is 0 Å². The highest BCUT2D eigenvalue weighted by molar-refractivity contribution is 7.99. The van der Waals surface area contributed by atoms with Crippen LogP contribution in [-0.2, 0) is 0 Å². The predicted molar refractivity (Wildman–Crippen MR) is 55.4 cm³/mol. The van der Waals surface area contributed by atoms with Gasteiger partial charge in [-0.05, 0) is 17.8 Å². The number of H-pyrrole nitrogens is 1. The molecule has 0 saturated carbocycles. The first-order chi connectivity index (χ1) is 7.24. The van der Waals surface area contributed by atoms with Crippen LogP contribution in [0.2, 0.25) is 0 Å². The van der Waals surface area contributed by atoms with E-state index in [2.05, 4.69) is 19.9 Å². The molecule has 15 heavy (non-hydrogen) atoms. The van der Waals surface area contributed by atoms with E-state index in [1.54, 1.807) is 12.3 Å².